The molecule has 1 N–H and O–H groups in total. The minimum Gasteiger partial charge on any atom is -0.469 e. The highest BCUT2D eigenvalue weighted by Gasteiger charge is 2.72. The number of fused-ring (bicyclic) bond motifs is 1. The van der Waals surface area contributed by atoms with Gasteiger partial charge in [-0.15, -0.1) is 0 Å². The van der Waals surface area contributed by atoms with Crippen molar-refractivity contribution in [1.82, 2.24) is 4.31 Å². The number of nitrogens with zero attached hydrogens (tertiary/aromatic N) is 2. The molecule has 0 spiro atoms. The molecule has 3 atom stereocenters. The summed E-state index contributed by atoms with van der Waals surface area (Å²) in [5.41, 5.74) is -0.159. The number of hydrogen-bond donors (Lipinski definition) is 1. The molecule has 10 heteroatoms. The first-order chi connectivity index (χ1) is 15.3. The molecule has 0 unspecified atom stereocenters. The normalized spacial score (nSPS) is 28.8. The van der Waals surface area contributed by atoms with E-state index in [1.165, 1.54) is 35.7 Å². The number of methoxy groups -OCH3 is 1. The molecule has 0 aromatic heterocycles. The first-order valence-corrected chi connectivity index (χ1v) is 11.9. The second-order valence-electron chi connectivity index (χ2n) is 8.55. The number of carbonyl (C=O) groups is 1. The lowest BCUT2D eigenvalue weighted by Crippen LogP contribution is -2.64. The van der Waals surface area contributed by atoms with E-state index in [9.17, 15) is 23.3 Å². The Hall–Kier alpha value is -2.98. The number of para-hydroxylation sites is 1. The zero-order chi connectivity index (χ0) is 22.7. The van der Waals surface area contributed by atoms with Gasteiger partial charge in [-0.2, -0.15) is 4.31 Å². The molecule has 2 aliphatic heterocycles. The van der Waals surface area contributed by atoms with Crippen LogP contribution >= 0.6 is 0 Å². The number of esters is 1. The van der Waals surface area contributed by atoms with Crippen LogP contribution in [0.5, 0.6) is 0 Å². The number of sulfonamides is 1. The molecule has 3 aliphatic rings. The van der Waals surface area contributed by atoms with Crippen molar-refractivity contribution in [2.45, 2.75) is 41.7 Å². The summed E-state index contributed by atoms with van der Waals surface area (Å²) in [7, 11) is -2.63. The van der Waals surface area contributed by atoms with Gasteiger partial charge < -0.3 is 10.1 Å². The van der Waals surface area contributed by atoms with Crippen molar-refractivity contribution in [3.63, 3.8) is 0 Å². The number of carbonyl (C=O) groups excluding carboxylic acids is 1. The third kappa shape index (κ3) is 2.53. The largest absolute Gasteiger partial charge is 0.469 e. The van der Waals surface area contributed by atoms with Crippen LogP contribution in [-0.4, -0.2) is 42.9 Å². The topological polar surface area (TPSA) is 119 Å². The lowest BCUT2D eigenvalue weighted by Gasteiger charge is -2.51. The van der Waals surface area contributed by atoms with E-state index in [4.69, 9.17) is 4.74 Å². The van der Waals surface area contributed by atoms with Gasteiger partial charge in [0.1, 0.15) is 5.66 Å². The van der Waals surface area contributed by atoms with Gasteiger partial charge >= 0.3 is 5.97 Å². The fourth-order valence-electron chi connectivity index (χ4n) is 6.16. The van der Waals surface area contributed by atoms with Crippen LogP contribution < -0.4 is 5.32 Å². The van der Waals surface area contributed by atoms with E-state index in [1.54, 1.807) is 0 Å². The quantitative estimate of drug-likeness (QED) is 0.426. The number of nitrogens with one attached hydrogen (secondary N) is 1. The minimum atomic E-state index is -4.00. The monoisotopic (exact) mass is 457 g/mol. The van der Waals surface area contributed by atoms with E-state index < -0.39 is 31.9 Å². The summed E-state index contributed by atoms with van der Waals surface area (Å²) >= 11 is 0. The van der Waals surface area contributed by atoms with E-state index >= 15 is 0 Å². The first-order valence-electron chi connectivity index (χ1n) is 10.5. The summed E-state index contributed by atoms with van der Waals surface area (Å²) < 4.78 is 34.2. The number of anilines is 1. The van der Waals surface area contributed by atoms with Crippen LogP contribution in [0.15, 0.2) is 53.4 Å². The average molecular weight is 458 g/mol. The summed E-state index contributed by atoms with van der Waals surface area (Å²) in [4.78, 5) is 23.3. The van der Waals surface area contributed by atoms with Crippen LogP contribution in [0.1, 0.15) is 31.2 Å². The predicted molar refractivity (Wildman–Crippen MR) is 115 cm³/mol. The van der Waals surface area contributed by atoms with Crippen LogP contribution in [0, 0.1) is 16.0 Å². The van der Waals surface area contributed by atoms with Gasteiger partial charge in [-0.05, 0) is 49.4 Å². The molecule has 2 aromatic rings. The Morgan fingerprint density at radius 2 is 1.91 bits per heavy atom. The van der Waals surface area contributed by atoms with Crippen molar-refractivity contribution in [1.29, 1.82) is 0 Å². The number of nitro benzene ring substituents is 1. The van der Waals surface area contributed by atoms with Gasteiger partial charge in [0.25, 0.3) is 5.69 Å². The van der Waals surface area contributed by atoms with Crippen LogP contribution in [0.2, 0.25) is 0 Å². The van der Waals surface area contributed by atoms with Gasteiger partial charge in [-0.1, -0.05) is 18.2 Å². The third-order valence-corrected chi connectivity index (χ3v) is 9.31. The molecule has 32 heavy (non-hydrogen) atoms. The number of rotatable bonds is 4. The third-order valence-electron chi connectivity index (χ3n) is 7.37. The highest BCUT2D eigenvalue weighted by molar-refractivity contribution is 7.89. The standard InChI is InChI=1S/C22H23N3O6S/c1-31-20(26)18-6-4-12-22-21(18,17-5-2-3-7-19(17)23-22)13-14-24(22)32(29,30)16-10-8-15(9-11-16)25(27)28/h2-3,5,7-11,18,23H,4,6,12-14H2,1H3/t18-,21-,22-/m0/s1. The Kier molecular flexibility index (Phi) is 4.58. The maximum absolute atomic E-state index is 13.8. The zero-order valence-electron chi connectivity index (χ0n) is 17.5. The minimum absolute atomic E-state index is 0.00813. The fourth-order valence-corrected chi connectivity index (χ4v) is 7.93. The molecule has 168 valence electrons. The fraction of sp³-hybridized carbons (Fsp3) is 0.409. The van der Waals surface area contributed by atoms with Crippen molar-refractivity contribution >= 4 is 27.4 Å². The molecule has 5 rings (SSSR count). The van der Waals surface area contributed by atoms with Crippen LogP contribution in [0.4, 0.5) is 11.4 Å². The summed E-state index contributed by atoms with van der Waals surface area (Å²) in [6.45, 7) is 0.230. The molecular weight excluding hydrogens is 434 g/mol. The highest BCUT2D eigenvalue weighted by Crippen LogP contribution is 2.64. The molecule has 0 amide bonds. The number of benzene rings is 2. The van der Waals surface area contributed by atoms with E-state index in [0.717, 1.165) is 11.3 Å². The Morgan fingerprint density at radius 3 is 2.59 bits per heavy atom. The van der Waals surface area contributed by atoms with Gasteiger partial charge in [-0.25, -0.2) is 8.42 Å². The molecule has 1 aliphatic carbocycles. The Morgan fingerprint density at radius 1 is 1.19 bits per heavy atom. The maximum atomic E-state index is 13.8. The predicted octanol–water partition coefficient (Wildman–Crippen LogP) is 3.02. The van der Waals surface area contributed by atoms with Crippen LogP contribution in [-0.2, 0) is 25.0 Å². The number of hydrogen-bond acceptors (Lipinski definition) is 7. The van der Waals surface area contributed by atoms with E-state index in [2.05, 4.69) is 5.32 Å². The average Bonchev–Trinajstić information content (AvgIpc) is 3.29. The van der Waals surface area contributed by atoms with E-state index in [0.29, 0.717) is 25.7 Å². The van der Waals surface area contributed by atoms with Crippen LogP contribution in [0.3, 0.4) is 0 Å². The lowest BCUT2D eigenvalue weighted by atomic mass is 9.58. The Balaban J connectivity index is 1.66. The molecule has 1 saturated heterocycles. The summed E-state index contributed by atoms with van der Waals surface area (Å²) in [5, 5.41) is 14.5. The lowest BCUT2D eigenvalue weighted by molar-refractivity contribution is -0.384. The highest BCUT2D eigenvalue weighted by atomic mass is 32.2. The Labute approximate surface area is 185 Å². The molecule has 2 heterocycles. The van der Waals surface area contributed by atoms with E-state index in [-0.39, 0.29) is 23.1 Å². The van der Waals surface area contributed by atoms with Gasteiger partial charge in [0.05, 0.1) is 22.8 Å². The van der Waals surface area contributed by atoms with Gasteiger partial charge in [0, 0.05) is 29.8 Å². The SMILES string of the molecule is COC(=O)[C@@H]1CCC[C@@]23Nc4ccccc4[C@@]12CCN3S(=O)(=O)c1ccc([N+](=O)[O-])cc1. The maximum Gasteiger partial charge on any atom is 0.309 e. The van der Waals surface area contributed by atoms with E-state index in [1.807, 2.05) is 24.3 Å². The summed E-state index contributed by atoms with van der Waals surface area (Å²) in [6.07, 6.45) is 2.30. The van der Waals surface area contributed by atoms with Gasteiger partial charge in [0.15, 0.2) is 0 Å². The molecule has 0 radical (unpaired) electrons. The summed E-state index contributed by atoms with van der Waals surface area (Å²) in [6, 6.07) is 12.6. The van der Waals surface area contributed by atoms with Crippen molar-refractivity contribution in [2.75, 3.05) is 19.0 Å². The molecule has 2 aromatic carbocycles. The van der Waals surface area contributed by atoms with Crippen molar-refractivity contribution < 1.29 is 22.9 Å². The Bertz CT molecular complexity index is 1210. The second kappa shape index (κ2) is 7.01. The molecule has 1 saturated carbocycles. The van der Waals surface area contributed by atoms with Crippen molar-refractivity contribution in [3.8, 4) is 0 Å². The smallest absolute Gasteiger partial charge is 0.309 e. The van der Waals surface area contributed by atoms with Crippen molar-refractivity contribution in [3.05, 3.63) is 64.2 Å². The van der Waals surface area contributed by atoms with Crippen molar-refractivity contribution in [2.24, 2.45) is 5.92 Å². The number of non-ortho nitro benzene ring substituents is 1. The number of ether oxygens (including phenoxy) is 1. The second-order valence-corrected chi connectivity index (χ2v) is 10.4. The molecular formula is C22H23N3O6S. The van der Waals surface area contributed by atoms with Crippen LogP contribution in [0.25, 0.3) is 0 Å². The first kappa shape index (κ1) is 20.9. The molecule has 0 bridgehead atoms. The summed E-state index contributed by atoms with van der Waals surface area (Å²) in [5.74, 6) is -0.809. The van der Waals surface area contributed by atoms with Gasteiger partial charge in [-0.3, -0.25) is 14.9 Å². The molecule has 9 nitrogen and oxygen atoms in total. The number of nitro groups is 1. The molecule has 2 fully saturated rings. The van der Waals surface area contributed by atoms with Gasteiger partial charge in [0.2, 0.25) is 10.0 Å². The zero-order valence-corrected chi connectivity index (χ0v) is 18.3.